The summed E-state index contributed by atoms with van der Waals surface area (Å²) >= 11 is 4.90. The van der Waals surface area contributed by atoms with Crippen LogP contribution in [0.15, 0.2) is 22.7 Å². The second-order valence-electron chi connectivity index (χ2n) is 4.36. The number of pyridine rings is 1. The van der Waals surface area contributed by atoms with Gasteiger partial charge in [0.1, 0.15) is 4.88 Å². The Labute approximate surface area is 130 Å². The molecule has 0 spiro atoms. The van der Waals surface area contributed by atoms with Gasteiger partial charge in [0.2, 0.25) is 5.88 Å². The minimum Gasteiger partial charge on any atom is -0.481 e. The van der Waals surface area contributed by atoms with Crippen molar-refractivity contribution in [1.82, 2.24) is 4.98 Å². The Morgan fingerprint density at radius 3 is 2.60 bits per heavy atom. The fraction of sp³-hybridized carbons (Fsp3) is 0.286. The van der Waals surface area contributed by atoms with Gasteiger partial charge in [-0.25, -0.2) is 4.98 Å². The van der Waals surface area contributed by atoms with Crippen molar-refractivity contribution >= 4 is 38.9 Å². The molecule has 0 saturated heterocycles. The molecule has 2 aromatic rings. The monoisotopic (exact) mass is 354 g/mol. The number of aryl methyl sites for hydroxylation is 2. The smallest absolute Gasteiger partial charge is 0.269 e. The van der Waals surface area contributed by atoms with E-state index in [4.69, 9.17) is 4.74 Å². The minimum absolute atomic E-state index is 0.0509. The number of nitrogens with zero attached hydrogens (tertiary/aromatic N) is 2. The van der Waals surface area contributed by atoms with Gasteiger partial charge in [0.05, 0.1) is 18.5 Å². The van der Waals surface area contributed by atoms with Gasteiger partial charge in [-0.2, -0.15) is 0 Å². The molecule has 4 nitrogen and oxygen atoms in total. The van der Waals surface area contributed by atoms with Gasteiger partial charge in [-0.05, 0) is 41.9 Å². The third-order valence-electron chi connectivity index (χ3n) is 2.91. The van der Waals surface area contributed by atoms with E-state index in [1.54, 1.807) is 25.1 Å². The molecule has 0 N–H and O–H groups in total. The average molecular weight is 355 g/mol. The van der Waals surface area contributed by atoms with Crippen LogP contribution in [0.1, 0.15) is 20.2 Å². The fourth-order valence-electron chi connectivity index (χ4n) is 1.89. The highest BCUT2D eigenvalue weighted by Crippen LogP contribution is 2.30. The number of carbonyl (C=O) groups is 1. The van der Waals surface area contributed by atoms with Gasteiger partial charge in [0.25, 0.3) is 5.91 Å². The van der Waals surface area contributed by atoms with Crippen LogP contribution >= 0.6 is 27.3 Å². The Morgan fingerprint density at radius 2 is 2.10 bits per heavy atom. The van der Waals surface area contributed by atoms with E-state index < -0.39 is 0 Å². The molecule has 2 aromatic heterocycles. The molecule has 106 valence electrons. The number of ether oxygens (including phenoxy) is 1. The van der Waals surface area contributed by atoms with Crippen LogP contribution in [0.5, 0.6) is 5.88 Å². The van der Waals surface area contributed by atoms with Gasteiger partial charge in [-0.1, -0.05) is 0 Å². The molecular formula is C14H15BrN2O2S. The van der Waals surface area contributed by atoms with Gasteiger partial charge in [0, 0.05) is 22.5 Å². The predicted molar refractivity (Wildman–Crippen MR) is 85.0 cm³/mol. The van der Waals surface area contributed by atoms with Crippen LogP contribution in [0.25, 0.3) is 0 Å². The van der Waals surface area contributed by atoms with E-state index in [1.165, 1.54) is 11.3 Å². The number of thiophene rings is 1. The van der Waals surface area contributed by atoms with Gasteiger partial charge in [-0.3, -0.25) is 4.79 Å². The Hall–Kier alpha value is -1.40. The van der Waals surface area contributed by atoms with Crippen molar-refractivity contribution in [3.63, 3.8) is 0 Å². The Kier molecular flexibility index (Phi) is 4.45. The molecule has 0 saturated carbocycles. The fourth-order valence-corrected chi connectivity index (χ4v) is 3.68. The van der Waals surface area contributed by atoms with Crippen molar-refractivity contribution in [2.75, 3.05) is 19.1 Å². The maximum atomic E-state index is 12.5. The zero-order valence-corrected chi connectivity index (χ0v) is 14.1. The first kappa shape index (κ1) is 15.0. The van der Waals surface area contributed by atoms with E-state index in [0.717, 1.165) is 20.7 Å². The molecule has 2 heterocycles. The number of carbonyl (C=O) groups excluding carboxylic acids is 1. The van der Waals surface area contributed by atoms with Crippen LogP contribution in [0, 0.1) is 13.8 Å². The first-order chi connectivity index (χ1) is 9.43. The number of anilines is 1. The molecule has 0 bridgehead atoms. The maximum Gasteiger partial charge on any atom is 0.269 e. The molecule has 6 heteroatoms. The van der Waals surface area contributed by atoms with E-state index in [0.29, 0.717) is 10.8 Å². The molecule has 0 aliphatic heterocycles. The summed E-state index contributed by atoms with van der Waals surface area (Å²) in [6.07, 6.45) is 0. The van der Waals surface area contributed by atoms with E-state index in [2.05, 4.69) is 20.9 Å². The molecule has 0 atom stereocenters. The van der Waals surface area contributed by atoms with Crippen molar-refractivity contribution in [3.05, 3.63) is 38.1 Å². The molecule has 0 fully saturated rings. The van der Waals surface area contributed by atoms with Crippen LogP contribution < -0.4 is 9.64 Å². The Bertz CT molecular complexity index is 655. The highest BCUT2D eigenvalue weighted by molar-refractivity contribution is 9.10. The lowest BCUT2D eigenvalue weighted by molar-refractivity contribution is 0.0996. The van der Waals surface area contributed by atoms with Crippen molar-refractivity contribution in [1.29, 1.82) is 0 Å². The summed E-state index contributed by atoms with van der Waals surface area (Å²) in [5, 5.41) is 0. The molecule has 0 aliphatic rings. The van der Waals surface area contributed by atoms with Crippen LogP contribution in [0.4, 0.5) is 5.69 Å². The van der Waals surface area contributed by atoms with Crippen molar-refractivity contribution in [3.8, 4) is 5.88 Å². The van der Waals surface area contributed by atoms with Crippen LogP contribution in [0.3, 0.4) is 0 Å². The maximum absolute atomic E-state index is 12.5. The largest absolute Gasteiger partial charge is 0.481 e. The summed E-state index contributed by atoms with van der Waals surface area (Å²) in [7, 11) is 3.32. The number of rotatable bonds is 3. The van der Waals surface area contributed by atoms with Crippen LogP contribution in [-0.4, -0.2) is 25.0 Å². The van der Waals surface area contributed by atoms with Crippen molar-refractivity contribution in [2.45, 2.75) is 13.8 Å². The molecular weight excluding hydrogens is 340 g/mol. The van der Waals surface area contributed by atoms with Gasteiger partial charge in [0.15, 0.2) is 0 Å². The number of hydrogen-bond donors (Lipinski definition) is 0. The molecule has 1 amide bonds. The standard InChI is InChI=1S/C14H15BrN2O2S/c1-8-7-10(15)13(20-8)14(18)17(3)11-5-6-12(19-4)16-9(11)2/h5-7H,1-4H3. The zero-order chi connectivity index (χ0) is 14.9. The van der Waals surface area contributed by atoms with E-state index in [9.17, 15) is 4.79 Å². The van der Waals surface area contributed by atoms with E-state index >= 15 is 0 Å². The predicted octanol–water partition coefficient (Wildman–Crippen LogP) is 3.81. The summed E-state index contributed by atoms with van der Waals surface area (Å²) in [5.41, 5.74) is 1.53. The zero-order valence-electron chi connectivity index (χ0n) is 11.7. The topological polar surface area (TPSA) is 42.4 Å². The van der Waals surface area contributed by atoms with Gasteiger partial charge in [-0.15, -0.1) is 11.3 Å². The summed E-state index contributed by atoms with van der Waals surface area (Å²) in [6, 6.07) is 5.54. The second-order valence-corrected chi connectivity index (χ2v) is 6.47. The Morgan fingerprint density at radius 1 is 1.40 bits per heavy atom. The molecule has 0 aromatic carbocycles. The lowest BCUT2D eigenvalue weighted by Gasteiger charge is -2.18. The van der Waals surface area contributed by atoms with E-state index in [-0.39, 0.29) is 5.91 Å². The lowest BCUT2D eigenvalue weighted by atomic mass is 10.2. The Balaban J connectivity index is 2.33. The van der Waals surface area contributed by atoms with Crippen LogP contribution in [-0.2, 0) is 0 Å². The molecule has 2 rings (SSSR count). The SMILES string of the molecule is COc1ccc(N(C)C(=O)c2sc(C)cc2Br)c(C)n1. The number of amides is 1. The quantitative estimate of drug-likeness (QED) is 0.841. The van der Waals surface area contributed by atoms with E-state index in [1.807, 2.05) is 26.0 Å². The summed E-state index contributed by atoms with van der Waals surface area (Å²) in [6.45, 7) is 3.84. The number of methoxy groups -OCH3 is 1. The van der Waals surface area contributed by atoms with Crippen molar-refractivity contribution in [2.24, 2.45) is 0 Å². The first-order valence-electron chi connectivity index (χ1n) is 5.99. The first-order valence-corrected chi connectivity index (χ1v) is 7.60. The van der Waals surface area contributed by atoms with Crippen molar-refractivity contribution < 1.29 is 9.53 Å². The molecule has 0 unspecified atom stereocenters. The summed E-state index contributed by atoms with van der Waals surface area (Å²) < 4.78 is 5.91. The minimum atomic E-state index is -0.0509. The summed E-state index contributed by atoms with van der Waals surface area (Å²) in [5.74, 6) is 0.491. The third kappa shape index (κ3) is 2.86. The third-order valence-corrected chi connectivity index (χ3v) is 4.84. The number of hydrogen-bond acceptors (Lipinski definition) is 4. The van der Waals surface area contributed by atoms with Gasteiger partial charge < -0.3 is 9.64 Å². The van der Waals surface area contributed by atoms with Gasteiger partial charge >= 0.3 is 0 Å². The molecule has 20 heavy (non-hydrogen) atoms. The highest BCUT2D eigenvalue weighted by Gasteiger charge is 2.20. The van der Waals surface area contributed by atoms with Crippen LogP contribution in [0.2, 0.25) is 0 Å². The number of halogens is 1. The number of aromatic nitrogens is 1. The lowest BCUT2D eigenvalue weighted by Crippen LogP contribution is -2.26. The molecule has 0 radical (unpaired) electrons. The normalized spacial score (nSPS) is 10.4. The average Bonchev–Trinajstić information content (AvgIpc) is 2.76. The molecule has 0 aliphatic carbocycles. The second kappa shape index (κ2) is 5.93. The summed E-state index contributed by atoms with van der Waals surface area (Å²) in [4.78, 5) is 20.2. The highest BCUT2D eigenvalue weighted by atomic mass is 79.9.